The van der Waals surface area contributed by atoms with E-state index in [4.69, 9.17) is 39.5 Å². The maximum absolute atomic E-state index is 12.9. The largest absolute Gasteiger partial charge is 0.378 e. The van der Waals surface area contributed by atoms with Crippen molar-refractivity contribution in [1.29, 1.82) is 0 Å². The highest BCUT2D eigenvalue weighted by Gasteiger charge is 2.40. The number of nitrogens with zero attached hydrogens (tertiary/aromatic N) is 2. The third kappa shape index (κ3) is 4.27. The number of anilines is 2. The topological polar surface area (TPSA) is 79.0 Å². The quantitative estimate of drug-likeness (QED) is 0.672. The predicted molar refractivity (Wildman–Crippen MR) is 119 cm³/mol. The Morgan fingerprint density at radius 3 is 2.29 bits per heavy atom. The number of ether oxygens (including phenoxy) is 1. The first-order valence-corrected chi connectivity index (χ1v) is 10.5. The number of amides is 3. The molecule has 1 fully saturated rings. The van der Waals surface area contributed by atoms with E-state index < -0.39 is 11.8 Å². The monoisotopic (exact) mass is 479 g/mol. The lowest BCUT2D eigenvalue weighted by Crippen LogP contribution is -2.40. The van der Waals surface area contributed by atoms with Crippen LogP contribution < -0.4 is 10.2 Å². The molecule has 31 heavy (non-hydrogen) atoms. The summed E-state index contributed by atoms with van der Waals surface area (Å²) in [5, 5.41) is 3.10. The van der Waals surface area contributed by atoms with E-state index in [0.717, 1.165) is 4.90 Å². The molecule has 160 valence electrons. The summed E-state index contributed by atoms with van der Waals surface area (Å²) in [6.07, 6.45) is 0. The second-order valence-corrected chi connectivity index (χ2v) is 8.06. The third-order valence-electron chi connectivity index (χ3n) is 4.88. The first-order valence-electron chi connectivity index (χ1n) is 9.34. The molecular formula is C21H16Cl3N3O4. The molecule has 4 rings (SSSR count). The maximum atomic E-state index is 12.9. The fourth-order valence-corrected chi connectivity index (χ4v) is 3.86. The average molecular weight is 481 g/mol. The number of nitrogens with one attached hydrogen (secondary N) is 1. The average Bonchev–Trinajstić information content (AvgIpc) is 2.99. The Hall–Kier alpha value is -2.58. The summed E-state index contributed by atoms with van der Waals surface area (Å²) in [5.74, 6) is -1.47. The molecule has 2 aromatic carbocycles. The van der Waals surface area contributed by atoms with Crippen LogP contribution in [-0.4, -0.2) is 48.9 Å². The molecule has 0 bridgehead atoms. The van der Waals surface area contributed by atoms with E-state index in [1.54, 1.807) is 35.2 Å². The van der Waals surface area contributed by atoms with Crippen molar-refractivity contribution in [3.05, 3.63) is 68.8 Å². The molecule has 0 atom stereocenters. The van der Waals surface area contributed by atoms with E-state index in [9.17, 15) is 14.4 Å². The van der Waals surface area contributed by atoms with Crippen molar-refractivity contribution in [3.8, 4) is 0 Å². The number of morpholine rings is 1. The van der Waals surface area contributed by atoms with E-state index >= 15 is 0 Å². The number of carbonyl (C=O) groups excluding carboxylic acids is 3. The van der Waals surface area contributed by atoms with E-state index in [1.165, 1.54) is 12.1 Å². The Kier molecular flexibility index (Phi) is 6.20. The third-order valence-corrected chi connectivity index (χ3v) is 5.78. The highest BCUT2D eigenvalue weighted by Crippen LogP contribution is 2.35. The molecule has 0 aliphatic carbocycles. The van der Waals surface area contributed by atoms with E-state index in [2.05, 4.69) is 5.32 Å². The number of benzene rings is 2. The first kappa shape index (κ1) is 21.6. The van der Waals surface area contributed by atoms with Gasteiger partial charge in [0.2, 0.25) is 0 Å². The molecule has 0 unspecified atom stereocenters. The molecule has 0 saturated carbocycles. The number of hydrogen-bond acceptors (Lipinski definition) is 5. The van der Waals surface area contributed by atoms with Gasteiger partial charge in [-0.25, -0.2) is 4.90 Å². The molecule has 10 heteroatoms. The van der Waals surface area contributed by atoms with Gasteiger partial charge >= 0.3 is 0 Å². The Morgan fingerprint density at radius 1 is 0.935 bits per heavy atom. The van der Waals surface area contributed by atoms with E-state index in [0.29, 0.717) is 42.6 Å². The summed E-state index contributed by atoms with van der Waals surface area (Å²) in [7, 11) is 0. The zero-order chi connectivity index (χ0) is 22.1. The minimum Gasteiger partial charge on any atom is -0.378 e. The Bertz CT molecular complexity index is 1100. The molecule has 0 radical (unpaired) electrons. The number of rotatable bonds is 4. The minimum absolute atomic E-state index is 0.0880. The number of halogens is 3. The van der Waals surface area contributed by atoms with Crippen molar-refractivity contribution in [3.63, 3.8) is 0 Å². The minimum atomic E-state index is -0.711. The van der Waals surface area contributed by atoms with Crippen molar-refractivity contribution in [2.45, 2.75) is 0 Å². The lowest BCUT2D eigenvalue weighted by atomic mass is 10.1. The molecule has 0 aromatic heterocycles. The van der Waals surface area contributed by atoms with E-state index in [-0.39, 0.29) is 27.3 Å². The summed E-state index contributed by atoms with van der Waals surface area (Å²) in [5.41, 5.74) is 1.06. The van der Waals surface area contributed by atoms with Crippen LogP contribution in [0.15, 0.2) is 53.2 Å². The zero-order valence-electron chi connectivity index (χ0n) is 16.0. The highest BCUT2D eigenvalue weighted by molar-refractivity contribution is 6.54. The molecule has 2 heterocycles. The van der Waals surface area contributed by atoms with Crippen molar-refractivity contribution >= 4 is 63.9 Å². The van der Waals surface area contributed by atoms with Gasteiger partial charge in [0.1, 0.15) is 10.7 Å². The summed E-state index contributed by atoms with van der Waals surface area (Å²) in [6.45, 7) is 2.11. The van der Waals surface area contributed by atoms with Crippen molar-refractivity contribution < 1.29 is 19.1 Å². The van der Waals surface area contributed by atoms with Crippen LogP contribution in [-0.2, 0) is 14.3 Å². The van der Waals surface area contributed by atoms with Gasteiger partial charge in [0.15, 0.2) is 0 Å². The van der Waals surface area contributed by atoms with Crippen LogP contribution in [0.1, 0.15) is 10.4 Å². The van der Waals surface area contributed by atoms with Crippen LogP contribution in [0.25, 0.3) is 0 Å². The van der Waals surface area contributed by atoms with Gasteiger partial charge < -0.3 is 15.0 Å². The molecular weight excluding hydrogens is 465 g/mol. The zero-order valence-corrected chi connectivity index (χ0v) is 18.3. The maximum Gasteiger partial charge on any atom is 0.283 e. The summed E-state index contributed by atoms with van der Waals surface area (Å²) in [6, 6.07) is 11.0. The Morgan fingerprint density at radius 2 is 1.61 bits per heavy atom. The van der Waals surface area contributed by atoms with Gasteiger partial charge in [-0.3, -0.25) is 14.4 Å². The summed E-state index contributed by atoms with van der Waals surface area (Å²) in [4.78, 5) is 40.7. The molecule has 2 aromatic rings. The van der Waals surface area contributed by atoms with Gasteiger partial charge in [-0.1, -0.05) is 34.8 Å². The SMILES string of the molecule is O=C(c1ccc(NC2=C(Cl)C(=O)N(c3cc(Cl)ccc3Cl)C2=O)cc1)N1CCOCC1. The molecule has 0 spiro atoms. The molecule has 1 saturated heterocycles. The van der Waals surface area contributed by atoms with Crippen LogP contribution in [0, 0.1) is 0 Å². The van der Waals surface area contributed by atoms with Gasteiger partial charge in [0.25, 0.3) is 17.7 Å². The predicted octanol–water partition coefficient (Wildman–Crippen LogP) is 3.90. The number of imide groups is 1. The second kappa shape index (κ2) is 8.88. The molecule has 2 aliphatic rings. The second-order valence-electron chi connectivity index (χ2n) is 6.84. The summed E-state index contributed by atoms with van der Waals surface area (Å²) < 4.78 is 5.26. The standard InChI is InChI=1S/C21H16Cl3N3O4/c22-13-3-6-15(23)16(11-13)27-20(29)17(24)18(21(27)30)25-14-4-1-12(2-5-14)19(28)26-7-9-31-10-8-26/h1-6,11,25H,7-10H2. The van der Waals surface area contributed by atoms with Gasteiger partial charge in [-0.2, -0.15) is 0 Å². The normalized spacial score (nSPS) is 16.9. The molecule has 1 N–H and O–H groups in total. The number of hydrogen-bond donors (Lipinski definition) is 1. The fourth-order valence-electron chi connectivity index (χ4n) is 3.28. The highest BCUT2D eigenvalue weighted by atomic mass is 35.5. The van der Waals surface area contributed by atoms with Crippen molar-refractivity contribution in [1.82, 2.24) is 4.90 Å². The van der Waals surface area contributed by atoms with Crippen LogP contribution in [0.4, 0.5) is 11.4 Å². The summed E-state index contributed by atoms with van der Waals surface area (Å²) >= 11 is 18.3. The molecule has 3 amide bonds. The lowest BCUT2D eigenvalue weighted by Gasteiger charge is -2.26. The first-order chi connectivity index (χ1) is 14.9. The van der Waals surface area contributed by atoms with Crippen LogP contribution >= 0.6 is 34.8 Å². The van der Waals surface area contributed by atoms with Crippen molar-refractivity contribution in [2.24, 2.45) is 0 Å². The fraction of sp³-hybridized carbons (Fsp3) is 0.190. The van der Waals surface area contributed by atoms with Crippen LogP contribution in [0.5, 0.6) is 0 Å². The Labute approximate surface area is 193 Å². The van der Waals surface area contributed by atoms with Crippen LogP contribution in [0.2, 0.25) is 10.0 Å². The Balaban J connectivity index is 1.52. The van der Waals surface area contributed by atoms with Crippen molar-refractivity contribution in [2.75, 3.05) is 36.5 Å². The van der Waals surface area contributed by atoms with Gasteiger partial charge in [-0.05, 0) is 42.5 Å². The van der Waals surface area contributed by atoms with Gasteiger partial charge in [-0.15, -0.1) is 0 Å². The van der Waals surface area contributed by atoms with E-state index in [1.807, 2.05) is 0 Å². The molecule has 7 nitrogen and oxygen atoms in total. The van der Waals surface area contributed by atoms with Crippen LogP contribution in [0.3, 0.4) is 0 Å². The van der Waals surface area contributed by atoms with Gasteiger partial charge in [0.05, 0.1) is 23.9 Å². The molecule has 2 aliphatic heterocycles. The van der Waals surface area contributed by atoms with Gasteiger partial charge in [0, 0.05) is 29.4 Å². The lowest BCUT2D eigenvalue weighted by molar-refractivity contribution is -0.120. The number of carbonyl (C=O) groups is 3. The smallest absolute Gasteiger partial charge is 0.283 e.